The van der Waals surface area contributed by atoms with Crippen molar-refractivity contribution in [2.45, 2.75) is 52.9 Å². The van der Waals surface area contributed by atoms with E-state index >= 15 is 0 Å². The predicted molar refractivity (Wildman–Crippen MR) is 83.7 cm³/mol. The van der Waals surface area contributed by atoms with Gasteiger partial charge in [0.2, 0.25) is 0 Å². The Hall–Kier alpha value is -0.643. The SMILES string of the molecule is CC=CCCNc1c(C(C)C)cccc1C(C)C.[H-].[Li+]. The molecular weight excluding hydrogens is 225 g/mol. The van der Waals surface area contributed by atoms with Gasteiger partial charge in [0.15, 0.2) is 0 Å². The van der Waals surface area contributed by atoms with E-state index in [9.17, 15) is 0 Å². The summed E-state index contributed by atoms with van der Waals surface area (Å²) in [6.45, 7) is 12.1. The summed E-state index contributed by atoms with van der Waals surface area (Å²) in [6, 6.07) is 6.67. The van der Waals surface area contributed by atoms with E-state index in [2.05, 4.69) is 70.3 Å². The number of para-hydroxylation sites is 1. The van der Waals surface area contributed by atoms with E-state index in [1.165, 1.54) is 16.8 Å². The van der Waals surface area contributed by atoms with Crippen LogP contribution in [0.25, 0.3) is 0 Å². The maximum Gasteiger partial charge on any atom is 1.00 e. The van der Waals surface area contributed by atoms with E-state index in [-0.39, 0.29) is 20.3 Å². The van der Waals surface area contributed by atoms with E-state index in [4.69, 9.17) is 0 Å². The topological polar surface area (TPSA) is 12.0 Å². The van der Waals surface area contributed by atoms with Crippen LogP contribution in [0, 0.1) is 0 Å². The maximum absolute atomic E-state index is 3.63. The molecule has 0 aromatic heterocycles. The molecule has 1 aromatic carbocycles. The van der Waals surface area contributed by atoms with Crippen LogP contribution >= 0.6 is 0 Å². The van der Waals surface area contributed by atoms with Crippen LogP contribution in [0.15, 0.2) is 30.4 Å². The van der Waals surface area contributed by atoms with E-state index in [1.807, 2.05) is 0 Å². The van der Waals surface area contributed by atoms with Crippen LogP contribution in [0.5, 0.6) is 0 Å². The molecule has 0 atom stereocenters. The van der Waals surface area contributed by atoms with Gasteiger partial charge in [-0.15, -0.1) is 0 Å². The quantitative estimate of drug-likeness (QED) is 0.466. The van der Waals surface area contributed by atoms with Gasteiger partial charge in [-0.25, -0.2) is 0 Å². The van der Waals surface area contributed by atoms with Crippen LogP contribution < -0.4 is 24.2 Å². The van der Waals surface area contributed by atoms with Crippen molar-refractivity contribution in [1.29, 1.82) is 0 Å². The summed E-state index contributed by atoms with van der Waals surface area (Å²) < 4.78 is 0. The molecule has 1 nitrogen and oxygen atoms in total. The van der Waals surface area contributed by atoms with Crippen LogP contribution in [0.3, 0.4) is 0 Å². The maximum atomic E-state index is 3.63. The number of hydrogen-bond donors (Lipinski definition) is 1. The molecular formula is C17H28LiN. The fourth-order valence-electron chi connectivity index (χ4n) is 2.20. The second-order valence-electron chi connectivity index (χ2n) is 5.41. The molecule has 1 rings (SSSR count). The van der Waals surface area contributed by atoms with Gasteiger partial charge in [-0.2, -0.15) is 0 Å². The van der Waals surface area contributed by atoms with Crippen molar-refractivity contribution in [2.24, 2.45) is 0 Å². The number of anilines is 1. The van der Waals surface area contributed by atoms with Crippen LogP contribution in [-0.4, -0.2) is 6.54 Å². The zero-order valence-electron chi connectivity index (χ0n) is 14.5. The average Bonchev–Trinajstić information content (AvgIpc) is 2.34. The van der Waals surface area contributed by atoms with Gasteiger partial charge in [0.05, 0.1) is 0 Å². The second-order valence-corrected chi connectivity index (χ2v) is 5.41. The van der Waals surface area contributed by atoms with Crippen molar-refractivity contribution < 1.29 is 20.3 Å². The second kappa shape index (κ2) is 9.29. The normalized spacial score (nSPS) is 11.1. The monoisotopic (exact) mass is 253 g/mol. The Kier molecular flexibility index (Phi) is 8.98. The summed E-state index contributed by atoms with van der Waals surface area (Å²) in [4.78, 5) is 0. The summed E-state index contributed by atoms with van der Waals surface area (Å²) in [5.74, 6) is 1.13. The van der Waals surface area contributed by atoms with Crippen LogP contribution in [-0.2, 0) is 0 Å². The smallest absolute Gasteiger partial charge is 1.00 e. The minimum Gasteiger partial charge on any atom is -1.00 e. The van der Waals surface area contributed by atoms with E-state index < -0.39 is 0 Å². The standard InChI is InChI=1S/C17H27N.Li.H/c1-6-7-8-12-18-17-15(13(2)3)10-9-11-16(17)14(4)5;;/h6-7,9-11,13-14,18H,8,12H2,1-5H3;;/q;+1;-1. The van der Waals surface area contributed by atoms with Gasteiger partial charge in [-0.05, 0) is 36.3 Å². The van der Waals surface area contributed by atoms with Crippen molar-refractivity contribution in [3.05, 3.63) is 41.5 Å². The van der Waals surface area contributed by atoms with Crippen LogP contribution in [0.1, 0.15) is 65.4 Å². The fraction of sp³-hybridized carbons (Fsp3) is 0.529. The first-order valence-corrected chi connectivity index (χ1v) is 7.05. The molecule has 0 aliphatic carbocycles. The molecule has 0 saturated heterocycles. The molecule has 1 aromatic rings. The fourth-order valence-corrected chi connectivity index (χ4v) is 2.20. The number of nitrogens with one attached hydrogen (secondary N) is 1. The molecule has 0 spiro atoms. The summed E-state index contributed by atoms with van der Waals surface area (Å²) in [5.41, 5.74) is 4.22. The largest absolute Gasteiger partial charge is 1.00 e. The van der Waals surface area contributed by atoms with E-state index in [1.54, 1.807) is 0 Å². The Morgan fingerprint density at radius 3 is 2.05 bits per heavy atom. The Balaban J connectivity index is 0. The Labute approximate surface area is 132 Å². The first kappa shape index (κ1) is 18.4. The number of rotatable bonds is 6. The average molecular weight is 253 g/mol. The summed E-state index contributed by atoms with van der Waals surface area (Å²) in [5, 5.41) is 3.63. The van der Waals surface area contributed by atoms with Crippen LogP contribution in [0.4, 0.5) is 5.69 Å². The molecule has 102 valence electrons. The molecule has 0 radical (unpaired) electrons. The van der Waals surface area contributed by atoms with Crippen molar-refractivity contribution in [3.8, 4) is 0 Å². The number of benzene rings is 1. The third kappa shape index (κ3) is 5.47. The molecule has 0 amide bonds. The van der Waals surface area contributed by atoms with Crippen LogP contribution in [0.2, 0.25) is 0 Å². The summed E-state index contributed by atoms with van der Waals surface area (Å²) in [6.07, 6.45) is 5.40. The van der Waals surface area contributed by atoms with Crippen molar-refractivity contribution in [2.75, 3.05) is 11.9 Å². The molecule has 0 aliphatic rings. The minimum atomic E-state index is 0. The molecule has 0 heterocycles. The molecule has 1 N–H and O–H groups in total. The third-order valence-electron chi connectivity index (χ3n) is 3.22. The number of allylic oxidation sites excluding steroid dienone is 1. The Morgan fingerprint density at radius 1 is 1.11 bits per heavy atom. The molecule has 2 heteroatoms. The van der Waals surface area contributed by atoms with E-state index in [0.717, 1.165) is 13.0 Å². The summed E-state index contributed by atoms with van der Waals surface area (Å²) in [7, 11) is 0. The van der Waals surface area contributed by atoms with Gasteiger partial charge in [0.25, 0.3) is 0 Å². The van der Waals surface area contributed by atoms with Gasteiger partial charge in [-0.1, -0.05) is 58.0 Å². The van der Waals surface area contributed by atoms with Gasteiger partial charge in [0, 0.05) is 12.2 Å². The van der Waals surface area contributed by atoms with E-state index in [0.29, 0.717) is 11.8 Å². The molecule has 0 fully saturated rings. The Bertz CT molecular complexity index is 374. The molecule has 19 heavy (non-hydrogen) atoms. The zero-order chi connectivity index (χ0) is 13.5. The molecule has 0 saturated carbocycles. The van der Waals surface area contributed by atoms with Crippen molar-refractivity contribution >= 4 is 5.69 Å². The van der Waals surface area contributed by atoms with Gasteiger partial charge in [0.1, 0.15) is 0 Å². The van der Waals surface area contributed by atoms with Gasteiger partial charge < -0.3 is 6.74 Å². The van der Waals surface area contributed by atoms with Crippen molar-refractivity contribution in [1.82, 2.24) is 0 Å². The molecule has 0 unspecified atom stereocenters. The predicted octanol–water partition coefficient (Wildman–Crippen LogP) is 2.43. The van der Waals surface area contributed by atoms with Gasteiger partial charge >= 0.3 is 18.9 Å². The number of hydrogen-bond acceptors (Lipinski definition) is 1. The first-order valence-electron chi connectivity index (χ1n) is 7.05. The first-order chi connectivity index (χ1) is 8.57. The molecule has 0 bridgehead atoms. The van der Waals surface area contributed by atoms with Gasteiger partial charge in [-0.3, -0.25) is 0 Å². The van der Waals surface area contributed by atoms with Crippen molar-refractivity contribution in [3.63, 3.8) is 0 Å². The third-order valence-corrected chi connectivity index (χ3v) is 3.22. The Morgan fingerprint density at radius 2 is 1.63 bits per heavy atom. The molecule has 0 aliphatic heterocycles. The summed E-state index contributed by atoms with van der Waals surface area (Å²) >= 11 is 0. The minimum absolute atomic E-state index is 0. The zero-order valence-corrected chi connectivity index (χ0v) is 13.5.